The highest BCUT2D eigenvalue weighted by Crippen LogP contribution is 2.23. The largest absolute Gasteiger partial charge is 0.448 e. The van der Waals surface area contributed by atoms with Crippen LogP contribution in [-0.2, 0) is 19.1 Å². The number of carbonyl (C=O) groups is 3. The summed E-state index contributed by atoms with van der Waals surface area (Å²) < 4.78 is 5.12. The summed E-state index contributed by atoms with van der Waals surface area (Å²) >= 11 is 0. The quantitative estimate of drug-likeness (QED) is 0.320. The number of nitro benzene ring substituents is 1. The summed E-state index contributed by atoms with van der Waals surface area (Å²) in [5.41, 5.74) is 0.189. The molecule has 2 amide bonds. The number of nitro groups is 1. The van der Waals surface area contributed by atoms with E-state index in [0.29, 0.717) is 5.56 Å². The first-order valence-corrected chi connectivity index (χ1v) is 8.57. The van der Waals surface area contributed by atoms with Crippen molar-refractivity contribution in [3.05, 3.63) is 76.0 Å². The zero-order chi connectivity index (χ0) is 21.4. The maximum Gasteiger partial charge on any atom is 0.355 e. The number of nitrogens with one attached hydrogen (secondary N) is 2. The molecule has 0 spiro atoms. The van der Waals surface area contributed by atoms with E-state index in [1.165, 1.54) is 44.2 Å². The summed E-state index contributed by atoms with van der Waals surface area (Å²) in [6, 6.07) is 14.3. The Morgan fingerprint density at radius 3 is 2.31 bits per heavy atom. The van der Waals surface area contributed by atoms with Gasteiger partial charge < -0.3 is 15.4 Å². The van der Waals surface area contributed by atoms with E-state index in [9.17, 15) is 24.5 Å². The number of hydrogen-bond acceptors (Lipinski definition) is 6. The van der Waals surface area contributed by atoms with Crippen molar-refractivity contribution >= 4 is 35.2 Å². The number of amides is 2. The van der Waals surface area contributed by atoms with Crippen molar-refractivity contribution in [3.63, 3.8) is 0 Å². The lowest BCUT2D eigenvalue weighted by Gasteiger charge is -2.15. The SMILES string of the molecule is CC(=O)N/C(=C\c1ccccc1)C(=O)O[C@H](C)C(=O)Nc1ccccc1[N+](=O)[O-]. The number of esters is 1. The molecule has 9 heteroatoms. The lowest BCUT2D eigenvalue weighted by molar-refractivity contribution is -0.383. The summed E-state index contributed by atoms with van der Waals surface area (Å²) in [7, 11) is 0. The molecule has 2 rings (SSSR count). The Morgan fingerprint density at radius 2 is 1.69 bits per heavy atom. The Morgan fingerprint density at radius 1 is 1.07 bits per heavy atom. The lowest BCUT2D eigenvalue weighted by Crippen LogP contribution is -2.34. The number of benzene rings is 2. The van der Waals surface area contributed by atoms with Crippen LogP contribution in [0.3, 0.4) is 0 Å². The minimum Gasteiger partial charge on any atom is -0.448 e. The molecule has 2 aromatic carbocycles. The first-order chi connectivity index (χ1) is 13.8. The summed E-state index contributed by atoms with van der Waals surface area (Å²) in [4.78, 5) is 46.6. The molecule has 0 aliphatic heterocycles. The van der Waals surface area contributed by atoms with Crippen molar-refractivity contribution in [1.29, 1.82) is 0 Å². The minimum absolute atomic E-state index is 0.0210. The van der Waals surface area contributed by atoms with E-state index < -0.39 is 28.8 Å². The van der Waals surface area contributed by atoms with Crippen LogP contribution >= 0.6 is 0 Å². The van der Waals surface area contributed by atoms with Gasteiger partial charge in [-0.1, -0.05) is 42.5 Å². The molecular formula is C20H19N3O6. The van der Waals surface area contributed by atoms with Crippen molar-refractivity contribution in [3.8, 4) is 0 Å². The average molecular weight is 397 g/mol. The van der Waals surface area contributed by atoms with Gasteiger partial charge in [-0.05, 0) is 24.6 Å². The molecule has 0 heterocycles. The molecule has 0 unspecified atom stereocenters. The third-order valence-corrected chi connectivity index (χ3v) is 3.65. The highest BCUT2D eigenvalue weighted by Gasteiger charge is 2.23. The van der Waals surface area contributed by atoms with Gasteiger partial charge in [0.25, 0.3) is 11.6 Å². The van der Waals surface area contributed by atoms with Crippen molar-refractivity contribution in [2.75, 3.05) is 5.32 Å². The van der Waals surface area contributed by atoms with Gasteiger partial charge in [0.05, 0.1) is 4.92 Å². The van der Waals surface area contributed by atoms with Crippen LogP contribution in [0.5, 0.6) is 0 Å². The number of hydrogen-bond donors (Lipinski definition) is 2. The van der Waals surface area contributed by atoms with Crippen LogP contribution in [0.2, 0.25) is 0 Å². The molecular weight excluding hydrogens is 378 g/mol. The zero-order valence-electron chi connectivity index (χ0n) is 15.7. The van der Waals surface area contributed by atoms with Crippen LogP contribution in [0.4, 0.5) is 11.4 Å². The molecule has 0 bridgehead atoms. The molecule has 0 aromatic heterocycles. The third-order valence-electron chi connectivity index (χ3n) is 3.65. The molecule has 0 fully saturated rings. The third kappa shape index (κ3) is 6.28. The maximum atomic E-state index is 12.4. The Kier molecular flexibility index (Phi) is 7.19. The fourth-order valence-corrected chi connectivity index (χ4v) is 2.30. The van der Waals surface area contributed by atoms with Gasteiger partial charge >= 0.3 is 5.97 Å². The van der Waals surface area contributed by atoms with Gasteiger partial charge in [-0.25, -0.2) is 4.79 Å². The van der Waals surface area contributed by atoms with E-state index in [-0.39, 0.29) is 17.1 Å². The van der Waals surface area contributed by atoms with Crippen molar-refractivity contribution in [1.82, 2.24) is 5.32 Å². The van der Waals surface area contributed by atoms with Gasteiger partial charge in [-0.15, -0.1) is 0 Å². The van der Waals surface area contributed by atoms with E-state index in [1.54, 1.807) is 30.3 Å². The first-order valence-electron chi connectivity index (χ1n) is 8.57. The molecule has 0 saturated heterocycles. The number of anilines is 1. The van der Waals surface area contributed by atoms with E-state index in [0.717, 1.165) is 0 Å². The highest BCUT2D eigenvalue weighted by atomic mass is 16.6. The zero-order valence-corrected chi connectivity index (χ0v) is 15.7. The van der Waals surface area contributed by atoms with Gasteiger partial charge in [0.2, 0.25) is 5.91 Å². The monoisotopic (exact) mass is 397 g/mol. The Labute approximate surface area is 166 Å². The molecule has 2 aromatic rings. The fourth-order valence-electron chi connectivity index (χ4n) is 2.30. The normalized spacial score (nSPS) is 11.9. The van der Waals surface area contributed by atoms with Gasteiger partial charge in [-0.3, -0.25) is 19.7 Å². The Balaban J connectivity index is 2.12. The van der Waals surface area contributed by atoms with Crippen LogP contribution in [0.25, 0.3) is 6.08 Å². The van der Waals surface area contributed by atoms with Crippen LogP contribution in [-0.4, -0.2) is 28.8 Å². The van der Waals surface area contributed by atoms with E-state index >= 15 is 0 Å². The maximum absolute atomic E-state index is 12.4. The molecule has 0 radical (unpaired) electrons. The van der Waals surface area contributed by atoms with Gasteiger partial charge in [0, 0.05) is 13.0 Å². The summed E-state index contributed by atoms with van der Waals surface area (Å²) in [5, 5.41) is 15.8. The van der Waals surface area contributed by atoms with E-state index in [1.807, 2.05) is 0 Å². The lowest BCUT2D eigenvalue weighted by atomic mass is 10.2. The first kappa shape index (κ1) is 21.3. The number of nitrogens with zero attached hydrogens (tertiary/aromatic N) is 1. The molecule has 150 valence electrons. The average Bonchev–Trinajstić information content (AvgIpc) is 2.68. The fraction of sp³-hybridized carbons (Fsp3) is 0.150. The smallest absolute Gasteiger partial charge is 0.355 e. The minimum atomic E-state index is -1.27. The van der Waals surface area contributed by atoms with E-state index in [2.05, 4.69) is 10.6 Å². The Bertz CT molecular complexity index is 956. The molecule has 0 aliphatic rings. The predicted molar refractivity (Wildman–Crippen MR) is 106 cm³/mol. The standard InChI is InChI=1S/C20H19N3O6/c1-13(19(25)22-16-10-6-7-11-18(16)23(27)28)29-20(26)17(21-14(2)24)12-15-8-4-3-5-9-15/h3-13H,1-2H3,(H,21,24)(H,22,25)/b17-12-/t13-/m1/s1. The molecule has 0 saturated carbocycles. The summed E-state index contributed by atoms with van der Waals surface area (Å²) in [6.07, 6.45) is 0.145. The van der Waals surface area contributed by atoms with Crippen molar-refractivity contribution < 1.29 is 24.0 Å². The summed E-state index contributed by atoms with van der Waals surface area (Å²) in [6.45, 7) is 2.55. The van der Waals surface area contributed by atoms with E-state index in [4.69, 9.17) is 4.74 Å². The molecule has 9 nitrogen and oxygen atoms in total. The molecule has 29 heavy (non-hydrogen) atoms. The number of carbonyl (C=O) groups excluding carboxylic acids is 3. The molecule has 1 atom stereocenters. The second-order valence-corrected chi connectivity index (χ2v) is 5.96. The number of ether oxygens (including phenoxy) is 1. The van der Waals surface area contributed by atoms with Gasteiger partial charge in [0.15, 0.2) is 6.10 Å². The van der Waals surface area contributed by atoms with Crippen molar-refractivity contribution in [2.45, 2.75) is 20.0 Å². The molecule has 0 aliphatic carbocycles. The number of rotatable bonds is 7. The molecule has 2 N–H and O–H groups in total. The van der Waals surface area contributed by atoms with Crippen LogP contribution < -0.4 is 10.6 Å². The van der Waals surface area contributed by atoms with Gasteiger partial charge in [-0.2, -0.15) is 0 Å². The van der Waals surface area contributed by atoms with Crippen LogP contribution in [0.15, 0.2) is 60.3 Å². The van der Waals surface area contributed by atoms with Crippen molar-refractivity contribution in [2.24, 2.45) is 0 Å². The Hall–Kier alpha value is -4.01. The highest BCUT2D eigenvalue weighted by molar-refractivity contribution is 6.01. The second-order valence-electron chi connectivity index (χ2n) is 5.96. The summed E-state index contributed by atoms with van der Waals surface area (Å²) in [5.74, 6) is -2.16. The second kappa shape index (κ2) is 9.79. The van der Waals surface area contributed by atoms with Crippen LogP contribution in [0, 0.1) is 10.1 Å². The van der Waals surface area contributed by atoms with Gasteiger partial charge in [0.1, 0.15) is 11.4 Å². The van der Waals surface area contributed by atoms with Crippen LogP contribution in [0.1, 0.15) is 19.4 Å². The number of para-hydroxylation sites is 2. The predicted octanol–water partition coefficient (Wildman–Crippen LogP) is 2.64. The topological polar surface area (TPSA) is 128 Å².